The van der Waals surface area contributed by atoms with E-state index >= 15 is 0 Å². The topological polar surface area (TPSA) is 125 Å². The van der Waals surface area contributed by atoms with Gasteiger partial charge in [0.25, 0.3) is 0 Å². The fourth-order valence-electron chi connectivity index (χ4n) is 8.01. The quantitative estimate of drug-likeness (QED) is 0.254. The molecule has 5 atom stereocenters. The Balaban J connectivity index is 1.12. The number of aromatic nitrogens is 2. The summed E-state index contributed by atoms with van der Waals surface area (Å²) in [5, 5.41) is 32.9. The van der Waals surface area contributed by atoms with Crippen LogP contribution in [0.25, 0.3) is 0 Å². The molecule has 0 amide bonds. The molecule has 5 aliphatic carbocycles. The summed E-state index contributed by atoms with van der Waals surface area (Å²) in [5.74, 6) is 2.67. The number of aliphatic hydroxyl groups is 1. The lowest BCUT2D eigenvalue weighted by Crippen LogP contribution is -2.61. The summed E-state index contributed by atoms with van der Waals surface area (Å²) in [6, 6.07) is 8.63. The largest absolute Gasteiger partial charge is 0.393 e. The molecule has 38 heavy (non-hydrogen) atoms. The molecule has 0 radical (unpaired) electrons. The van der Waals surface area contributed by atoms with E-state index in [1.165, 1.54) is 25.5 Å². The third kappa shape index (κ3) is 5.33. The van der Waals surface area contributed by atoms with Crippen LogP contribution in [0.15, 0.2) is 30.5 Å². The predicted molar refractivity (Wildman–Crippen MR) is 147 cm³/mol. The monoisotopic (exact) mass is 540 g/mol. The third-order valence-electron chi connectivity index (χ3n) is 9.52. The smallest absolute Gasteiger partial charge is 0.329 e. The van der Waals surface area contributed by atoms with E-state index in [9.17, 15) is 15.2 Å². The van der Waals surface area contributed by atoms with Gasteiger partial charge in [-0.1, -0.05) is 29.8 Å². The van der Waals surface area contributed by atoms with Crippen molar-refractivity contribution in [2.24, 2.45) is 23.2 Å². The van der Waals surface area contributed by atoms with Crippen molar-refractivity contribution >= 4 is 29.1 Å². The zero-order valence-electron chi connectivity index (χ0n) is 21.6. The number of anilines is 2. The number of nitrogens with zero attached hydrogens (tertiary/aromatic N) is 3. The molecule has 9 nitrogen and oxygen atoms in total. The highest BCUT2D eigenvalue weighted by Crippen LogP contribution is 2.60. The minimum absolute atomic E-state index is 0.1000. The molecular weight excluding hydrogens is 504 g/mol. The van der Waals surface area contributed by atoms with Crippen LogP contribution < -0.4 is 16.0 Å². The molecule has 0 spiro atoms. The Morgan fingerprint density at radius 2 is 1.82 bits per heavy atom. The van der Waals surface area contributed by atoms with Crippen molar-refractivity contribution < 1.29 is 10.0 Å². The molecule has 0 saturated heterocycles. The van der Waals surface area contributed by atoms with Gasteiger partial charge in [-0.15, -0.1) is 0 Å². The second kappa shape index (κ2) is 10.6. The van der Waals surface area contributed by atoms with Crippen molar-refractivity contribution in [3.05, 3.63) is 51.2 Å². The Bertz CT molecular complexity index is 1160. The van der Waals surface area contributed by atoms with Crippen LogP contribution in [-0.4, -0.2) is 44.7 Å². The molecule has 204 valence electrons. The molecule has 1 heterocycles. The maximum Gasteiger partial charge on any atom is 0.329 e. The zero-order valence-corrected chi connectivity index (χ0v) is 22.4. The standard InChI is InChI=1S/C28H37ClN6O3/c29-23-4-2-1-3-18(23)14-30-27-31-15-24(35(37)38)26(34-27)32-16-28-11-17-9-19(12-28)25(20(10-17)13-28)33-21-5-7-22(36)8-6-21/h1-4,15,17,19-22,25,33,36H,5-14,16H2,(H2,30,31,32,34)/t17?,19-,20+,21?,22?,25-,28-. The summed E-state index contributed by atoms with van der Waals surface area (Å²) < 4.78 is 0. The number of hydrogen-bond acceptors (Lipinski definition) is 8. The number of aliphatic hydroxyl groups excluding tert-OH is 1. The minimum Gasteiger partial charge on any atom is -0.393 e. The van der Waals surface area contributed by atoms with Crippen LogP contribution in [0.3, 0.4) is 0 Å². The van der Waals surface area contributed by atoms with Gasteiger partial charge in [-0.2, -0.15) is 4.98 Å². The first-order valence-electron chi connectivity index (χ1n) is 14.0. The highest BCUT2D eigenvalue weighted by molar-refractivity contribution is 6.31. The first-order valence-corrected chi connectivity index (χ1v) is 14.4. The van der Waals surface area contributed by atoms with Crippen LogP contribution in [0.1, 0.15) is 63.4 Å². The van der Waals surface area contributed by atoms with Crippen LogP contribution in [0.4, 0.5) is 17.5 Å². The summed E-state index contributed by atoms with van der Waals surface area (Å²) in [6.45, 7) is 1.13. The number of benzene rings is 1. The Morgan fingerprint density at radius 1 is 1.08 bits per heavy atom. The number of nitrogens with one attached hydrogen (secondary N) is 3. The Labute approximate surface area is 228 Å². The number of hydrogen-bond donors (Lipinski definition) is 4. The van der Waals surface area contributed by atoms with Crippen LogP contribution in [0.2, 0.25) is 5.02 Å². The molecule has 7 rings (SSSR count). The van der Waals surface area contributed by atoms with E-state index in [1.54, 1.807) is 0 Å². The number of halogens is 1. The van der Waals surface area contributed by atoms with Gasteiger partial charge in [-0.25, -0.2) is 4.98 Å². The van der Waals surface area contributed by atoms with Gasteiger partial charge in [-0.3, -0.25) is 10.1 Å². The van der Waals surface area contributed by atoms with Gasteiger partial charge >= 0.3 is 5.69 Å². The van der Waals surface area contributed by atoms with Crippen molar-refractivity contribution in [3.63, 3.8) is 0 Å². The molecule has 2 aromatic rings. The van der Waals surface area contributed by atoms with E-state index in [0.717, 1.165) is 50.0 Å². The van der Waals surface area contributed by atoms with E-state index in [0.29, 0.717) is 48.0 Å². The normalized spacial score (nSPS) is 33.7. The zero-order chi connectivity index (χ0) is 26.3. The second-order valence-electron chi connectivity index (χ2n) is 12.2. The van der Waals surface area contributed by atoms with E-state index in [-0.39, 0.29) is 23.0 Å². The van der Waals surface area contributed by atoms with Crippen molar-refractivity contribution in [2.75, 3.05) is 17.2 Å². The van der Waals surface area contributed by atoms with Gasteiger partial charge in [0.1, 0.15) is 6.20 Å². The number of rotatable bonds is 9. The maximum absolute atomic E-state index is 11.8. The fourth-order valence-corrected chi connectivity index (χ4v) is 8.21. The lowest BCUT2D eigenvalue weighted by molar-refractivity contribution is -0.384. The Kier molecular flexibility index (Phi) is 7.18. The molecule has 1 aromatic carbocycles. The van der Waals surface area contributed by atoms with Crippen molar-refractivity contribution in [1.29, 1.82) is 0 Å². The Morgan fingerprint density at radius 3 is 2.53 bits per heavy atom. The highest BCUT2D eigenvalue weighted by Gasteiger charge is 2.55. The maximum atomic E-state index is 11.8. The van der Waals surface area contributed by atoms with Gasteiger partial charge in [-0.05, 0) is 92.6 Å². The average Bonchev–Trinajstić information content (AvgIpc) is 2.90. The average molecular weight is 541 g/mol. The van der Waals surface area contributed by atoms with Gasteiger partial charge < -0.3 is 21.1 Å². The molecule has 4 N–H and O–H groups in total. The van der Waals surface area contributed by atoms with Crippen LogP contribution in [0.5, 0.6) is 0 Å². The lowest BCUT2D eigenvalue weighted by atomic mass is 9.47. The summed E-state index contributed by atoms with van der Waals surface area (Å²) in [6.07, 6.45) is 11.2. The highest BCUT2D eigenvalue weighted by atomic mass is 35.5. The van der Waals surface area contributed by atoms with Gasteiger partial charge in [0.05, 0.1) is 11.0 Å². The molecule has 1 aromatic heterocycles. The second-order valence-corrected chi connectivity index (χ2v) is 12.6. The lowest BCUT2D eigenvalue weighted by Gasteiger charge is -2.61. The van der Waals surface area contributed by atoms with Gasteiger partial charge in [0, 0.05) is 30.2 Å². The molecule has 5 aliphatic rings. The molecule has 10 heteroatoms. The SMILES string of the molecule is O=[N+]([O-])c1cnc(NCc2ccccc2Cl)nc1NC[C@]12CC3C[C@H](C1)[C@@H](NC1CCC(O)CC1)[C@@H](C3)C2. The number of nitro groups is 1. The molecule has 5 saturated carbocycles. The predicted octanol–water partition coefficient (Wildman–Crippen LogP) is 5.15. The Hall–Kier alpha value is -2.49. The fraction of sp³-hybridized carbons (Fsp3) is 0.643. The molecule has 1 unspecified atom stereocenters. The van der Waals surface area contributed by atoms with Crippen LogP contribution >= 0.6 is 11.6 Å². The molecule has 0 aliphatic heterocycles. The summed E-state index contributed by atoms with van der Waals surface area (Å²) in [4.78, 5) is 20.0. The van der Waals surface area contributed by atoms with Crippen molar-refractivity contribution in [1.82, 2.24) is 15.3 Å². The van der Waals surface area contributed by atoms with Crippen LogP contribution in [-0.2, 0) is 6.54 Å². The van der Waals surface area contributed by atoms with Crippen molar-refractivity contribution in [2.45, 2.75) is 82.5 Å². The summed E-state index contributed by atoms with van der Waals surface area (Å²) in [7, 11) is 0. The van der Waals surface area contributed by atoms with Gasteiger partial charge in [0.15, 0.2) is 0 Å². The first kappa shape index (κ1) is 25.8. The summed E-state index contributed by atoms with van der Waals surface area (Å²) in [5.41, 5.74) is 0.963. The van der Waals surface area contributed by atoms with E-state index in [1.807, 2.05) is 24.3 Å². The first-order chi connectivity index (χ1) is 18.4. The molecular formula is C28H37ClN6O3. The molecule has 5 fully saturated rings. The third-order valence-corrected chi connectivity index (χ3v) is 9.89. The minimum atomic E-state index is -0.416. The van der Waals surface area contributed by atoms with Gasteiger partial charge in [0.2, 0.25) is 11.8 Å². The van der Waals surface area contributed by atoms with E-state index < -0.39 is 4.92 Å². The van der Waals surface area contributed by atoms with Crippen molar-refractivity contribution in [3.8, 4) is 0 Å². The summed E-state index contributed by atoms with van der Waals surface area (Å²) >= 11 is 6.26. The molecule has 4 bridgehead atoms. The van der Waals surface area contributed by atoms with Crippen LogP contribution in [0, 0.1) is 33.3 Å². The van der Waals surface area contributed by atoms with E-state index in [2.05, 4.69) is 25.9 Å². The van der Waals surface area contributed by atoms with E-state index in [4.69, 9.17) is 11.6 Å².